The quantitative estimate of drug-likeness (QED) is 0.677. The van der Waals surface area contributed by atoms with Crippen LogP contribution in [0.25, 0.3) is 0 Å². The van der Waals surface area contributed by atoms with E-state index in [1.54, 1.807) is 12.1 Å². The summed E-state index contributed by atoms with van der Waals surface area (Å²) >= 11 is 3.35. The minimum Gasteiger partial charge on any atom is -0.493 e. The first-order valence-electron chi connectivity index (χ1n) is 6.96. The minimum absolute atomic E-state index is 0.0803. The molecule has 0 aliphatic carbocycles. The summed E-state index contributed by atoms with van der Waals surface area (Å²) in [6.07, 6.45) is 2.14. The van der Waals surface area contributed by atoms with Crippen LogP contribution < -0.4 is 10.5 Å². The molecule has 1 heterocycles. The van der Waals surface area contributed by atoms with E-state index in [-0.39, 0.29) is 5.78 Å². The molecule has 2 aromatic carbocycles. The van der Waals surface area contributed by atoms with Gasteiger partial charge in [-0.25, -0.2) is 0 Å². The fourth-order valence-corrected chi connectivity index (χ4v) is 2.95. The van der Waals surface area contributed by atoms with Crippen LogP contribution in [0.5, 0.6) is 5.75 Å². The Morgan fingerprint density at radius 2 is 2.10 bits per heavy atom. The van der Waals surface area contributed by atoms with E-state index in [0.717, 1.165) is 29.7 Å². The summed E-state index contributed by atoms with van der Waals surface area (Å²) in [6, 6.07) is 11.5. The van der Waals surface area contributed by atoms with Gasteiger partial charge in [0.2, 0.25) is 0 Å². The smallest absolute Gasteiger partial charge is 0.165 e. The topological polar surface area (TPSA) is 52.3 Å². The van der Waals surface area contributed by atoms with Crippen LogP contribution in [-0.4, -0.2) is 12.4 Å². The molecule has 0 radical (unpaired) electrons. The lowest BCUT2D eigenvalue weighted by molar-refractivity contribution is 0.0983. The number of rotatable bonds is 4. The monoisotopic (exact) mass is 345 g/mol. The van der Waals surface area contributed by atoms with Crippen LogP contribution in [0.3, 0.4) is 0 Å². The van der Waals surface area contributed by atoms with Crippen LogP contribution in [-0.2, 0) is 12.8 Å². The number of aryl methyl sites for hydroxylation is 1. The number of ether oxygens (including phenoxy) is 1. The van der Waals surface area contributed by atoms with Crippen LogP contribution in [0.1, 0.15) is 27.9 Å². The normalized spacial score (nSPS) is 12.8. The average molecular weight is 346 g/mol. The number of ketones is 1. The highest BCUT2D eigenvalue weighted by Crippen LogP contribution is 2.27. The van der Waals surface area contributed by atoms with Crippen molar-refractivity contribution < 1.29 is 9.53 Å². The Hall–Kier alpha value is -1.81. The van der Waals surface area contributed by atoms with Crippen molar-refractivity contribution in [2.24, 2.45) is 0 Å². The van der Waals surface area contributed by atoms with Gasteiger partial charge in [0.05, 0.1) is 6.61 Å². The maximum absolute atomic E-state index is 12.3. The van der Waals surface area contributed by atoms with Crippen molar-refractivity contribution in [1.82, 2.24) is 0 Å². The summed E-state index contributed by atoms with van der Waals surface area (Å²) in [6.45, 7) is 0.757. The number of nitrogens with two attached hydrogens (primary N) is 1. The molecule has 0 saturated heterocycles. The Bertz CT molecular complexity index is 697. The number of carbonyl (C=O) groups excluding carboxylic acids is 1. The van der Waals surface area contributed by atoms with Crippen LogP contribution in [0, 0.1) is 0 Å². The van der Waals surface area contributed by atoms with Crippen molar-refractivity contribution in [3.05, 3.63) is 57.6 Å². The lowest BCUT2D eigenvalue weighted by Gasteiger charge is -2.06. The van der Waals surface area contributed by atoms with Crippen molar-refractivity contribution >= 4 is 27.4 Å². The molecule has 1 aliphatic rings. The van der Waals surface area contributed by atoms with Gasteiger partial charge < -0.3 is 10.5 Å². The van der Waals surface area contributed by atoms with E-state index in [4.69, 9.17) is 10.5 Å². The van der Waals surface area contributed by atoms with Gasteiger partial charge in [0, 0.05) is 28.6 Å². The summed E-state index contributed by atoms with van der Waals surface area (Å²) in [5, 5.41) is 0. The van der Waals surface area contributed by atoms with Gasteiger partial charge in [0.1, 0.15) is 5.75 Å². The van der Waals surface area contributed by atoms with Crippen molar-refractivity contribution in [1.29, 1.82) is 0 Å². The second-order valence-corrected chi connectivity index (χ2v) is 6.11. The fourth-order valence-electron chi connectivity index (χ4n) is 2.58. The van der Waals surface area contributed by atoms with E-state index in [0.29, 0.717) is 17.7 Å². The average Bonchev–Trinajstić information content (AvgIpc) is 2.92. The number of anilines is 1. The van der Waals surface area contributed by atoms with Crippen LogP contribution >= 0.6 is 15.9 Å². The fraction of sp³-hybridized carbons (Fsp3) is 0.235. The van der Waals surface area contributed by atoms with E-state index >= 15 is 0 Å². The largest absolute Gasteiger partial charge is 0.493 e. The van der Waals surface area contributed by atoms with E-state index in [2.05, 4.69) is 22.0 Å². The molecule has 0 unspecified atom stereocenters. The molecule has 3 nitrogen and oxygen atoms in total. The maximum atomic E-state index is 12.3. The van der Waals surface area contributed by atoms with Crippen molar-refractivity contribution in [3.8, 4) is 5.75 Å². The molecule has 0 fully saturated rings. The van der Waals surface area contributed by atoms with E-state index in [1.165, 1.54) is 11.1 Å². The third kappa shape index (κ3) is 3.10. The summed E-state index contributed by atoms with van der Waals surface area (Å²) in [4.78, 5) is 12.3. The predicted octanol–water partition coefficient (Wildman–Crippen LogP) is 3.78. The summed E-state index contributed by atoms with van der Waals surface area (Å²) in [7, 11) is 0. The Balaban J connectivity index is 1.68. The van der Waals surface area contributed by atoms with Gasteiger partial charge >= 0.3 is 0 Å². The molecule has 4 heteroatoms. The second-order valence-electron chi connectivity index (χ2n) is 5.20. The summed E-state index contributed by atoms with van der Waals surface area (Å²) in [5.41, 5.74) is 9.43. The molecule has 0 atom stereocenters. The number of benzene rings is 2. The first-order chi connectivity index (χ1) is 10.1. The highest BCUT2D eigenvalue weighted by atomic mass is 79.9. The van der Waals surface area contributed by atoms with E-state index in [9.17, 15) is 4.79 Å². The Labute approximate surface area is 132 Å². The van der Waals surface area contributed by atoms with Crippen molar-refractivity contribution in [2.75, 3.05) is 12.3 Å². The minimum atomic E-state index is 0.0803. The van der Waals surface area contributed by atoms with Crippen LogP contribution in [0.4, 0.5) is 5.69 Å². The Morgan fingerprint density at radius 1 is 1.24 bits per heavy atom. The van der Waals surface area contributed by atoms with Crippen LogP contribution in [0.2, 0.25) is 0 Å². The molecule has 0 aromatic heterocycles. The van der Waals surface area contributed by atoms with Gasteiger partial charge in [-0.3, -0.25) is 4.79 Å². The van der Waals surface area contributed by atoms with Gasteiger partial charge in [-0.15, -0.1) is 0 Å². The van der Waals surface area contributed by atoms with E-state index in [1.807, 2.05) is 18.2 Å². The second kappa shape index (κ2) is 5.90. The molecule has 108 valence electrons. The molecular formula is C17H16BrNO2. The van der Waals surface area contributed by atoms with Gasteiger partial charge in [0.25, 0.3) is 0 Å². The zero-order valence-electron chi connectivity index (χ0n) is 11.6. The molecule has 0 saturated carbocycles. The van der Waals surface area contributed by atoms with Gasteiger partial charge in [0.15, 0.2) is 5.78 Å². The van der Waals surface area contributed by atoms with Crippen molar-refractivity contribution in [3.63, 3.8) is 0 Å². The molecule has 0 amide bonds. The summed E-state index contributed by atoms with van der Waals surface area (Å²) in [5.74, 6) is 1.05. The Morgan fingerprint density at radius 3 is 2.90 bits per heavy atom. The molecule has 0 spiro atoms. The molecular weight excluding hydrogens is 330 g/mol. The summed E-state index contributed by atoms with van der Waals surface area (Å²) < 4.78 is 6.37. The van der Waals surface area contributed by atoms with Gasteiger partial charge in [-0.2, -0.15) is 0 Å². The first kappa shape index (κ1) is 14.1. The Kier molecular flexibility index (Phi) is 3.97. The SMILES string of the molecule is Nc1cc(Br)ccc1C(=O)CCc1ccc2c(c1)CCO2. The van der Waals surface area contributed by atoms with Gasteiger partial charge in [-0.05, 0) is 41.8 Å². The maximum Gasteiger partial charge on any atom is 0.165 e. The lowest BCUT2D eigenvalue weighted by atomic mass is 10.00. The highest BCUT2D eigenvalue weighted by Gasteiger charge is 2.14. The number of carbonyl (C=O) groups is 1. The lowest BCUT2D eigenvalue weighted by Crippen LogP contribution is -2.05. The van der Waals surface area contributed by atoms with Gasteiger partial charge in [-0.1, -0.05) is 28.1 Å². The zero-order chi connectivity index (χ0) is 14.8. The number of nitrogen functional groups attached to an aromatic ring is 1. The number of hydrogen-bond donors (Lipinski definition) is 1. The molecule has 1 aliphatic heterocycles. The van der Waals surface area contributed by atoms with Crippen molar-refractivity contribution in [2.45, 2.75) is 19.3 Å². The molecule has 2 N–H and O–H groups in total. The number of hydrogen-bond acceptors (Lipinski definition) is 3. The predicted molar refractivity (Wildman–Crippen MR) is 86.8 cm³/mol. The zero-order valence-corrected chi connectivity index (χ0v) is 13.2. The highest BCUT2D eigenvalue weighted by molar-refractivity contribution is 9.10. The number of fused-ring (bicyclic) bond motifs is 1. The first-order valence-corrected chi connectivity index (χ1v) is 7.75. The molecule has 2 aromatic rings. The molecule has 0 bridgehead atoms. The number of Topliss-reactive ketones (excluding diaryl/α,β-unsaturated/α-hetero) is 1. The molecule has 21 heavy (non-hydrogen) atoms. The standard InChI is InChI=1S/C17H16BrNO2/c18-13-3-4-14(15(19)10-13)16(20)5-1-11-2-6-17-12(9-11)7-8-21-17/h2-4,6,9-10H,1,5,7-8,19H2. The third-order valence-electron chi connectivity index (χ3n) is 3.71. The third-order valence-corrected chi connectivity index (χ3v) is 4.20. The molecule has 3 rings (SSSR count). The van der Waals surface area contributed by atoms with Crippen LogP contribution in [0.15, 0.2) is 40.9 Å². The number of halogens is 1. The van der Waals surface area contributed by atoms with E-state index < -0.39 is 0 Å².